The van der Waals surface area contributed by atoms with Crippen LogP contribution in [0.3, 0.4) is 0 Å². The first-order valence-corrected chi connectivity index (χ1v) is 4.81. The average Bonchev–Trinajstić information content (AvgIpc) is 2.50. The molecule has 0 unspecified atom stereocenters. The van der Waals surface area contributed by atoms with E-state index < -0.39 is 0 Å². The van der Waals surface area contributed by atoms with Crippen LogP contribution >= 0.6 is 11.3 Å². The van der Waals surface area contributed by atoms with Crippen LogP contribution in [0, 0.1) is 0 Å². The first-order chi connectivity index (χ1) is 6.11. The maximum absolute atomic E-state index is 11.0. The molecule has 0 spiro atoms. The Morgan fingerprint density at radius 3 is 2.31 bits per heavy atom. The highest BCUT2D eigenvalue weighted by Crippen LogP contribution is 2.12. The van der Waals surface area contributed by atoms with E-state index in [0.29, 0.717) is 0 Å². The summed E-state index contributed by atoms with van der Waals surface area (Å²) in [6.07, 6.45) is 1.63. The van der Waals surface area contributed by atoms with Crippen LogP contribution in [0.1, 0.15) is 19.4 Å². The lowest BCUT2D eigenvalue weighted by atomic mass is 10.1. The van der Waals surface area contributed by atoms with E-state index in [1.54, 1.807) is 6.08 Å². The van der Waals surface area contributed by atoms with Crippen LogP contribution in [0.4, 0.5) is 0 Å². The fraction of sp³-hybridized carbons (Fsp3) is 0.200. The van der Waals surface area contributed by atoms with Gasteiger partial charge in [0.2, 0.25) is 0 Å². The summed E-state index contributed by atoms with van der Waals surface area (Å²) < 4.78 is 0. The molecule has 0 aromatic carbocycles. The highest BCUT2D eigenvalue weighted by molar-refractivity contribution is 7.08. The number of hydrogen-bond acceptors (Lipinski definition) is 3. The quantitative estimate of drug-likeness (QED) is 0.420. The van der Waals surface area contributed by atoms with Crippen LogP contribution in [0.25, 0.3) is 6.08 Å². The molecule has 1 heterocycles. The number of carbonyl (C=O) groups is 2. The van der Waals surface area contributed by atoms with Crippen LogP contribution in [-0.2, 0) is 9.59 Å². The molecule has 0 aliphatic heterocycles. The van der Waals surface area contributed by atoms with Gasteiger partial charge in [-0.05, 0) is 42.3 Å². The molecule has 0 amide bonds. The van der Waals surface area contributed by atoms with E-state index in [1.807, 2.05) is 16.8 Å². The normalized spacial score (nSPS) is 9.38. The third-order valence-electron chi connectivity index (χ3n) is 1.61. The molecule has 1 rings (SSSR count). The van der Waals surface area contributed by atoms with Crippen LogP contribution in [0.5, 0.6) is 0 Å². The maximum atomic E-state index is 11.0. The van der Waals surface area contributed by atoms with Crippen molar-refractivity contribution in [2.24, 2.45) is 0 Å². The molecule has 13 heavy (non-hydrogen) atoms. The molecule has 0 saturated carbocycles. The van der Waals surface area contributed by atoms with Crippen LogP contribution < -0.4 is 0 Å². The second-order valence-corrected chi connectivity index (χ2v) is 3.51. The topological polar surface area (TPSA) is 34.1 Å². The van der Waals surface area contributed by atoms with Crippen molar-refractivity contribution < 1.29 is 9.59 Å². The van der Waals surface area contributed by atoms with Gasteiger partial charge in [-0.3, -0.25) is 9.59 Å². The van der Waals surface area contributed by atoms with Gasteiger partial charge in [0.05, 0.1) is 5.57 Å². The molecular formula is C10H10O2S. The zero-order chi connectivity index (χ0) is 9.84. The summed E-state index contributed by atoms with van der Waals surface area (Å²) in [6.45, 7) is 2.80. The zero-order valence-corrected chi connectivity index (χ0v) is 8.35. The molecule has 0 saturated heterocycles. The van der Waals surface area contributed by atoms with Gasteiger partial charge in [0.15, 0.2) is 11.6 Å². The second-order valence-electron chi connectivity index (χ2n) is 2.73. The van der Waals surface area contributed by atoms with Crippen molar-refractivity contribution in [3.8, 4) is 0 Å². The van der Waals surface area contributed by atoms with E-state index in [9.17, 15) is 9.59 Å². The number of carbonyl (C=O) groups excluding carboxylic acids is 2. The Bertz CT molecular complexity index is 331. The van der Waals surface area contributed by atoms with Gasteiger partial charge in [-0.25, -0.2) is 0 Å². The fourth-order valence-corrected chi connectivity index (χ4v) is 1.59. The first-order valence-electron chi connectivity index (χ1n) is 3.87. The summed E-state index contributed by atoms with van der Waals surface area (Å²) in [7, 11) is 0. The van der Waals surface area contributed by atoms with E-state index >= 15 is 0 Å². The minimum Gasteiger partial charge on any atom is -0.294 e. The number of ketones is 2. The van der Waals surface area contributed by atoms with Gasteiger partial charge in [0.25, 0.3) is 0 Å². The molecule has 68 valence electrons. The Morgan fingerprint density at radius 2 is 1.92 bits per heavy atom. The Hall–Kier alpha value is -1.22. The average molecular weight is 194 g/mol. The molecule has 1 aromatic rings. The highest BCUT2D eigenvalue weighted by Gasteiger charge is 2.08. The monoisotopic (exact) mass is 194 g/mol. The first kappa shape index (κ1) is 9.86. The number of rotatable bonds is 3. The van der Waals surface area contributed by atoms with E-state index in [2.05, 4.69) is 0 Å². The molecule has 0 radical (unpaired) electrons. The number of allylic oxidation sites excluding steroid dienone is 1. The van der Waals surface area contributed by atoms with E-state index in [4.69, 9.17) is 0 Å². The summed E-state index contributed by atoms with van der Waals surface area (Å²) >= 11 is 1.54. The predicted octanol–water partition coefficient (Wildman–Crippen LogP) is 2.31. The molecular weight excluding hydrogens is 184 g/mol. The van der Waals surface area contributed by atoms with Crippen LogP contribution in [-0.4, -0.2) is 11.6 Å². The van der Waals surface area contributed by atoms with Gasteiger partial charge in [0.1, 0.15) is 0 Å². The van der Waals surface area contributed by atoms with Crippen molar-refractivity contribution in [3.05, 3.63) is 28.0 Å². The standard InChI is InChI=1S/C10H10O2S/c1-7(11)10(8(2)12)5-9-3-4-13-6-9/h3-6H,1-2H3. The molecule has 0 aliphatic rings. The molecule has 2 nitrogen and oxygen atoms in total. The third-order valence-corrected chi connectivity index (χ3v) is 2.31. The smallest absolute Gasteiger partial charge is 0.163 e. The molecule has 0 atom stereocenters. The summed E-state index contributed by atoms with van der Waals surface area (Å²) in [4.78, 5) is 22.1. The van der Waals surface area contributed by atoms with Gasteiger partial charge >= 0.3 is 0 Å². The number of hydrogen-bond donors (Lipinski definition) is 0. The lowest BCUT2D eigenvalue weighted by molar-refractivity contribution is -0.119. The summed E-state index contributed by atoms with van der Waals surface area (Å²) in [5.74, 6) is -0.364. The molecule has 1 aromatic heterocycles. The van der Waals surface area contributed by atoms with Gasteiger partial charge < -0.3 is 0 Å². The van der Waals surface area contributed by atoms with E-state index in [0.717, 1.165) is 5.56 Å². The van der Waals surface area contributed by atoms with Gasteiger partial charge in [-0.15, -0.1) is 0 Å². The zero-order valence-electron chi connectivity index (χ0n) is 7.53. The Balaban J connectivity index is 3.01. The van der Waals surface area contributed by atoms with Gasteiger partial charge in [-0.1, -0.05) is 0 Å². The van der Waals surface area contributed by atoms with Gasteiger partial charge in [-0.2, -0.15) is 11.3 Å². The summed E-state index contributed by atoms with van der Waals surface area (Å²) in [6, 6.07) is 1.87. The lowest BCUT2D eigenvalue weighted by Gasteiger charge is -1.95. The Morgan fingerprint density at radius 1 is 1.31 bits per heavy atom. The van der Waals surface area contributed by atoms with E-state index in [-0.39, 0.29) is 17.1 Å². The van der Waals surface area contributed by atoms with Crippen molar-refractivity contribution in [2.45, 2.75) is 13.8 Å². The largest absolute Gasteiger partial charge is 0.294 e. The Labute approximate surface area is 80.9 Å². The molecule has 0 fully saturated rings. The van der Waals surface area contributed by atoms with Crippen molar-refractivity contribution in [2.75, 3.05) is 0 Å². The molecule has 3 heteroatoms. The summed E-state index contributed by atoms with van der Waals surface area (Å²) in [5, 5.41) is 3.80. The van der Waals surface area contributed by atoms with Crippen molar-refractivity contribution in [1.82, 2.24) is 0 Å². The Kier molecular flexibility index (Phi) is 3.14. The van der Waals surface area contributed by atoms with Crippen molar-refractivity contribution in [1.29, 1.82) is 0 Å². The molecule has 0 bridgehead atoms. The summed E-state index contributed by atoms with van der Waals surface area (Å²) in [5.41, 5.74) is 1.17. The van der Waals surface area contributed by atoms with Gasteiger partial charge in [0, 0.05) is 0 Å². The minimum absolute atomic E-state index is 0.182. The molecule has 0 N–H and O–H groups in total. The van der Waals surface area contributed by atoms with Crippen molar-refractivity contribution in [3.63, 3.8) is 0 Å². The fourth-order valence-electron chi connectivity index (χ4n) is 0.975. The van der Waals surface area contributed by atoms with Crippen LogP contribution in [0.15, 0.2) is 22.4 Å². The van der Waals surface area contributed by atoms with Crippen molar-refractivity contribution >= 4 is 29.0 Å². The number of Topliss-reactive ketones (excluding diaryl/α,β-unsaturated/α-hetero) is 2. The molecule has 0 aliphatic carbocycles. The van der Waals surface area contributed by atoms with E-state index in [1.165, 1.54) is 25.2 Å². The third kappa shape index (κ3) is 2.63. The number of thiophene rings is 1. The SMILES string of the molecule is CC(=O)C(=Cc1ccsc1)C(C)=O. The van der Waals surface area contributed by atoms with Crippen LogP contribution in [0.2, 0.25) is 0 Å². The maximum Gasteiger partial charge on any atom is 0.163 e. The minimum atomic E-state index is -0.182. The lowest BCUT2D eigenvalue weighted by Crippen LogP contribution is -2.05. The second kappa shape index (κ2) is 4.14. The predicted molar refractivity (Wildman–Crippen MR) is 53.7 cm³/mol. The highest BCUT2D eigenvalue weighted by atomic mass is 32.1.